The van der Waals surface area contributed by atoms with Crippen LogP contribution in [0, 0.1) is 5.53 Å². The molecular weight excluding hydrogens is 260 g/mol. The van der Waals surface area contributed by atoms with Crippen molar-refractivity contribution in [3.05, 3.63) is 6.20 Å². The van der Waals surface area contributed by atoms with Crippen LogP contribution in [0.25, 0.3) is 0 Å². The van der Waals surface area contributed by atoms with Gasteiger partial charge in [0, 0.05) is 11.5 Å². The molecule has 1 aromatic heterocycles. The number of nitrogens with one attached hydrogen (secondary N) is 1. The van der Waals surface area contributed by atoms with Crippen LogP contribution >= 0.6 is 21.6 Å². The van der Waals surface area contributed by atoms with Gasteiger partial charge in [0.05, 0.1) is 19.3 Å². The molecule has 1 aromatic rings. The molecule has 0 bridgehead atoms. The summed E-state index contributed by atoms with van der Waals surface area (Å²) < 4.78 is 1.71. The predicted molar refractivity (Wildman–Crippen MR) is 71.0 cm³/mol. The molecule has 0 atom stereocenters. The zero-order valence-electron chi connectivity index (χ0n) is 9.11. The van der Waals surface area contributed by atoms with E-state index in [2.05, 4.69) is 20.4 Å². The number of aliphatic imine (C=N–C) groups is 1. The first kappa shape index (κ1) is 13.8. The van der Waals surface area contributed by atoms with Crippen molar-refractivity contribution in [3.63, 3.8) is 0 Å². The predicted octanol–water partition coefficient (Wildman–Crippen LogP) is 0.587. The standard InChI is InChI=1S/C7H14N8S2/c8-6-5-15(14-13-6)2-4-17-16-3-1-11-7(9)12-10/h5,10H,1-4,8H2,(H2,9,11). The summed E-state index contributed by atoms with van der Waals surface area (Å²) in [7, 11) is 3.41. The number of nitrogens with zero attached hydrogens (tertiary/aromatic N) is 5. The van der Waals surface area contributed by atoms with Gasteiger partial charge in [-0.15, -0.1) is 10.2 Å². The summed E-state index contributed by atoms with van der Waals surface area (Å²) in [6, 6.07) is 0. The summed E-state index contributed by atoms with van der Waals surface area (Å²) in [6.45, 7) is 1.34. The highest BCUT2D eigenvalue weighted by Crippen LogP contribution is 2.20. The highest BCUT2D eigenvalue weighted by atomic mass is 33.1. The molecule has 0 aliphatic rings. The van der Waals surface area contributed by atoms with Crippen molar-refractivity contribution in [3.8, 4) is 0 Å². The molecule has 0 aliphatic carbocycles. The van der Waals surface area contributed by atoms with E-state index < -0.39 is 0 Å². The van der Waals surface area contributed by atoms with Gasteiger partial charge in [-0.2, -0.15) is 0 Å². The average molecular weight is 274 g/mol. The Morgan fingerprint density at radius 3 is 2.88 bits per heavy atom. The van der Waals surface area contributed by atoms with Crippen molar-refractivity contribution in [1.29, 1.82) is 5.53 Å². The molecule has 10 heteroatoms. The molecule has 17 heavy (non-hydrogen) atoms. The Hall–Kier alpha value is -1.29. The summed E-state index contributed by atoms with van der Waals surface area (Å²) in [4.78, 5) is 3.86. The molecule has 0 aromatic carbocycles. The maximum atomic E-state index is 6.58. The minimum absolute atomic E-state index is 0.0219. The molecule has 0 radical (unpaired) electrons. The molecular formula is C7H14N8S2. The number of aryl methyl sites for hydroxylation is 1. The quantitative estimate of drug-likeness (QED) is 0.219. The van der Waals surface area contributed by atoms with E-state index in [1.54, 1.807) is 32.5 Å². The zero-order valence-corrected chi connectivity index (χ0v) is 10.7. The van der Waals surface area contributed by atoms with Gasteiger partial charge in [0.2, 0.25) is 5.96 Å². The van der Waals surface area contributed by atoms with Crippen LogP contribution < -0.4 is 11.5 Å². The Bertz CT molecular complexity index is 376. The van der Waals surface area contributed by atoms with Gasteiger partial charge < -0.3 is 11.5 Å². The molecule has 94 valence electrons. The van der Waals surface area contributed by atoms with Gasteiger partial charge in [-0.3, -0.25) is 0 Å². The van der Waals surface area contributed by atoms with E-state index in [9.17, 15) is 0 Å². The second-order valence-corrected chi connectivity index (χ2v) is 5.60. The van der Waals surface area contributed by atoms with Crippen molar-refractivity contribution in [2.75, 3.05) is 23.8 Å². The number of hydrogen-bond acceptors (Lipinski definition) is 7. The Kier molecular flexibility index (Phi) is 6.40. The first-order valence-electron chi connectivity index (χ1n) is 4.80. The highest BCUT2D eigenvalue weighted by molar-refractivity contribution is 8.76. The van der Waals surface area contributed by atoms with Gasteiger partial charge in [0.15, 0.2) is 5.82 Å². The molecule has 0 spiro atoms. The van der Waals surface area contributed by atoms with Crippen molar-refractivity contribution >= 4 is 33.4 Å². The molecule has 0 saturated carbocycles. The van der Waals surface area contributed by atoms with E-state index in [0.717, 1.165) is 18.1 Å². The van der Waals surface area contributed by atoms with Crippen molar-refractivity contribution < 1.29 is 0 Å². The molecule has 1 rings (SSSR count). The lowest BCUT2D eigenvalue weighted by atomic mass is 10.7. The lowest BCUT2D eigenvalue weighted by molar-refractivity contribution is 0.633. The van der Waals surface area contributed by atoms with Crippen LogP contribution in [0.2, 0.25) is 0 Å². The molecule has 0 aliphatic heterocycles. The first-order chi connectivity index (χ1) is 8.22. The third-order valence-electron chi connectivity index (χ3n) is 1.61. The van der Waals surface area contributed by atoms with Crippen LogP contribution in [-0.4, -0.2) is 39.0 Å². The van der Waals surface area contributed by atoms with Gasteiger partial charge in [0.1, 0.15) is 0 Å². The van der Waals surface area contributed by atoms with Crippen molar-refractivity contribution in [1.82, 2.24) is 15.0 Å². The summed E-state index contributed by atoms with van der Waals surface area (Å²) >= 11 is 0. The highest BCUT2D eigenvalue weighted by Gasteiger charge is 1.96. The zero-order chi connectivity index (χ0) is 12.5. The van der Waals surface area contributed by atoms with Gasteiger partial charge in [-0.25, -0.2) is 15.2 Å². The summed E-state index contributed by atoms with van der Waals surface area (Å²) in [5.41, 5.74) is 17.3. The van der Waals surface area contributed by atoms with Crippen LogP contribution in [0.15, 0.2) is 16.3 Å². The average Bonchev–Trinajstić information content (AvgIpc) is 2.73. The maximum absolute atomic E-state index is 6.58. The number of anilines is 1. The number of aromatic nitrogens is 3. The van der Waals surface area contributed by atoms with E-state index in [1.165, 1.54) is 0 Å². The van der Waals surface area contributed by atoms with Crippen LogP contribution in [0.5, 0.6) is 0 Å². The topological polar surface area (TPSA) is 131 Å². The summed E-state index contributed by atoms with van der Waals surface area (Å²) in [6.07, 6.45) is 1.70. The number of rotatable bonds is 7. The number of nitrogen functional groups attached to an aromatic ring is 1. The smallest absolute Gasteiger partial charge is 0.234 e. The fraction of sp³-hybridized carbons (Fsp3) is 0.571. The van der Waals surface area contributed by atoms with Crippen LogP contribution in [0.3, 0.4) is 0 Å². The number of guanidine groups is 1. The van der Waals surface area contributed by atoms with Gasteiger partial charge in [-0.05, 0) is 0 Å². The Balaban J connectivity index is 2.00. The molecule has 0 amide bonds. The van der Waals surface area contributed by atoms with Gasteiger partial charge in [0.25, 0.3) is 0 Å². The maximum Gasteiger partial charge on any atom is 0.234 e. The van der Waals surface area contributed by atoms with Crippen LogP contribution in [-0.2, 0) is 6.54 Å². The summed E-state index contributed by atoms with van der Waals surface area (Å²) in [5, 5.41) is 10.5. The van der Waals surface area contributed by atoms with E-state index in [4.69, 9.17) is 17.0 Å². The third kappa shape index (κ3) is 6.12. The van der Waals surface area contributed by atoms with E-state index in [-0.39, 0.29) is 5.96 Å². The first-order valence-corrected chi connectivity index (χ1v) is 7.28. The molecule has 0 unspecified atom stereocenters. The van der Waals surface area contributed by atoms with Crippen molar-refractivity contribution in [2.45, 2.75) is 6.54 Å². The van der Waals surface area contributed by atoms with Gasteiger partial charge in [-0.1, -0.05) is 26.8 Å². The number of hydrogen-bond donors (Lipinski definition) is 3. The minimum atomic E-state index is 0.0219. The SMILES string of the molecule is N=NC(N)=NCCSSCCn1cc(N)nn1. The fourth-order valence-corrected chi connectivity index (χ4v) is 2.72. The third-order valence-corrected chi connectivity index (χ3v) is 3.97. The van der Waals surface area contributed by atoms with E-state index in [0.29, 0.717) is 12.4 Å². The van der Waals surface area contributed by atoms with E-state index >= 15 is 0 Å². The molecule has 0 saturated heterocycles. The Labute approximate surface area is 107 Å². The molecule has 8 nitrogen and oxygen atoms in total. The van der Waals surface area contributed by atoms with Crippen molar-refractivity contribution in [2.24, 2.45) is 15.8 Å². The van der Waals surface area contributed by atoms with E-state index in [1.807, 2.05) is 0 Å². The summed E-state index contributed by atoms with van der Waals surface area (Å²) in [5.74, 6) is 2.20. The second kappa shape index (κ2) is 7.90. The molecule has 5 N–H and O–H groups in total. The van der Waals surface area contributed by atoms with Crippen LogP contribution in [0.1, 0.15) is 0 Å². The molecule has 1 heterocycles. The van der Waals surface area contributed by atoms with Crippen LogP contribution in [0.4, 0.5) is 5.82 Å². The number of nitrogens with two attached hydrogens (primary N) is 2. The lowest BCUT2D eigenvalue weighted by Crippen LogP contribution is -2.08. The second-order valence-electron chi connectivity index (χ2n) is 2.90. The Morgan fingerprint density at radius 1 is 1.47 bits per heavy atom. The molecule has 0 fully saturated rings. The largest absolute Gasteiger partial charge is 0.381 e. The monoisotopic (exact) mass is 274 g/mol. The Morgan fingerprint density at radius 2 is 2.24 bits per heavy atom. The normalized spacial score (nSPS) is 11.6. The minimum Gasteiger partial charge on any atom is -0.381 e. The lowest BCUT2D eigenvalue weighted by Gasteiger charge is -1.99. The fourth-order valence-electron chi connectivity index (χ4n) is 0.904. The van der Waals surface area contributed by atoms with Gasteiger partial charge >= 0.3 is 0 Å².